The van der Waals surface area contributed by atoms with Gasteiger partial charge in [-0.15, -0.1) is 35.7 Å². The van der Waals surface area contributed by atoms with Crippen LogP contribution in [0.4, 0.5) is 0 Å². The summed E-state index contributed by atoms with van der Waals surface area (Å²) in [4.78, 5) is 19.5. The predicted octanol–water partition coefficient (Wildman–Crippen LogP) is 4.82. The predicted molar refractivity (Wildman–Crippen MR) is 146 cm³/mol. The number of nitrogens with zero attached hydrogens (tertiary/aromatic N) is 2. The van der Waals surface area contributed by atoms with Gasteiger partial charge in [0.15, 0.2) is 5.96 Å². The van der Waals surface area contributed by atoms with Crippen LogP contribution in [0.1, 0.15) is 41.6 Å². The minimum atomic E-state index is 0. The molecule has 2 N–H and O–H groups in total. The molecule has 1 amide bonds. The molecule has 3 rings (SSSR count). The number of aliphatic imine (C=N–C) groups is 1. The standard InChI is InChI=1S/C25H34N4OS.HI/c1-26-24(27-17-14-20-10-9-11-21(18-20)23(30)29(2)3)28-19-25(15-7-8-16-25)31-22-12-5-4-6-13-22;/h4-6,9-13,18H,7-8,14-17,19H2,1-3H3,(H2,26,27,28);1H. The topological polar surface area (TPSA) is 56.7 Å². The fourth-order valence-corrected chi connectivity index (χ4v) is 5.41. The molecular weight excluding hydrogens is 531 g/mol. The molecule has 1 fully saturated rings. The molecule has 2 aromatic rings. The number of benzene rings is 2. The van der Waals surface area contributed by atoms with Crippen LogP contribution >= 0.6 is 35.7 Å². The first-order chi connectivity index (χ1) is 15.0. The van der Waals surface area contributed by atoms with Gasteiger partial charge >= 0.3 is 0 Å². The minimum absolute atomic E-state index is 0. The van der Waals surface area contributed by atoms with Gasteiger partial charge < -0.3 is 15.5 Å². The van der Waals surface area contributed by atoms with Gasteiger partial charge in [0, 0.05) is 49.4 Å². The smallest absolute Gasteiger partial charge is 0.253 e. The first-order valence-electron chi connectivity index (χ1n) is 11.0. The van der Waals surface area contributed by atoms with Crippen molar-refractivity contribution in [3.63, 3.8) is 0 Å². The summed E-state index contributed by atoms with van der Waals surface area (Å²) in [6, 6.07) is 18.6. The molecule has 0 saturated heterocycles. The molecule has 0 atom stereocenters. The van der Waals surface area contributed by atoms with E-state index in [1.54, 1.807) is 19.0 Å². The van der Waals surface area contributed by atoms with Crippen LogP contribution in [-0.2, 0) is 6.42 Å². The van der Waals surface area contributed by atoms with Crippen molar-refractivity contribution in [2.45, 2.75) is 41.7 Å². The average molecular weight is 567 g/mol. The summed E-state index contributed by atoms with van der Waals surface area (Å²) in [6.45, 7) is 1.66. The lowest BCUT2D eigenvalue weighted by Gasteiger charge is -2.29. The van der Waals surface area contributed by atoms with E-state index in [4.69, 9.17) is 0 Å². The first-order valence-corrected chi connectivity index (χ1v) is 11.8. The summed E-state index contributed by atoms with van der Waals surface area (Å²) in [5.41, 5.74) is 1.87. The third-order valence-electron chi connectivity index (χ3n) is 5.68. The molecule has 32 heavy (non-hydrogen) atoms. The van der Waals surface area contributed by atoms with Crippen molar-refractivity contribution >= 4 is 47.6 Å². The first kappa shape index (κ1) is 26.5. The van der Waals surface area contributed by atoms with Gasteiger partial charge in [0.25, 0.3) is 5.91 Å². The molecule has 0 aliphatic heterocycles. The third-order valence-corrected chi connectivity index (χ3v) is 7.17. The molecule has 0 aromatic heterocycles. The van der Waals surface area contributed by atoms with E-state index < -0.39 is 0 Å². The normalized spacial score (nSPS) is 15.0. The second-order valence-corrected chi connectivity index (χ2v) is 9.85. The Bertz CT molecular complexity index is 883. The lowest BCUT2D eigenvalue weighted by molar-refractivity contribution is 0.0827. The van der Waals surface area contributed by atoms with Crippen LogP contribution < -0.4 is 10.6 Å². The Balaban J connectivity index is 0.00000363. The zero-order valence-corrected chi connectivity index (χ0v) is 22.4. The number of hydrogen-bond acceptors (Lipinski definition) is 3. The zero-order valence-electron chi connectivity index (χ0n) is 19.3. The van der Waals surface area contributed by atoms with Gasteiger partial charge in [0.2, 0.25) is 0 Å². The van der Waals surface area contributed by atoms with E-state index >= 15 is 0 Å². The molecule has 1 aliphatic rings. The molecule has 1 aliphatic carbocycles. The second-order valence-electron chi connectivity index (χ2n) is 8.31. The van der Waals surface area contributed by atoms with E-state index in [0.717, 1.165) is 36.6 Å². The highest BCUT2D eigenvalue weighted by Crippen LogP contribution is 2.44. The zero-order chi connectivity index (χ0) is 22.1. The van der Waals surface area contributed by atoms with Gasteiger partial charge in [-0.2, -0.15) is 0 Å². The van der Waals surface area contributed by atoms with E-state index in [1.165, 1.54) is 30.6 Å². The Kier molecular flexibility index (Phi) is 10.8. The lowest BCUT2D eigenvalue weighted by Crippen LogP contribution is -2.45. The van der Waals surface area contributed by atoms with Crippen LogP contribution in [-0.4, -0.2) is 55.7 Å². The molecule has 7 heteroatoms. The molecule has 0 spiro atoms. The molecule has 0 unspecified atom stereocenters. The van der Waals surface area contributed by atoms with Gasteiger partial charge in [0.05, 0.1) is 0 Å². The molecule has 0 bridgehead atoms. The van der Waals surface area contributed by atoms with Crippen LogP contribution in [0.2, 0.25) is 0 Å². The SMILES string of the molecule is CN=C(NCCc1cccc(C(=O)N(C)C)c1)NCC1(Sc2ccccc2)CCCC1.I. The van der Waals surface area contributed by atoms with Gasteiger partial charge in [-0.05, 0) is 49.1 Å². The number of guanidine groups is 1. The number of halogens is 1. The van der Waals surface area contributed by atoms with Crippen LogP contribution in [0.5, 0.6) is 0 Å². The highest BCUT2D eigenvalue weighted by atomic mass is 127. The fraction of sp³-hybridized carbons (Fsp3) is 0.440. The molecule has 174 valence electrons. The van der Waals surface area contributed by atoms with Crippen LogP contribution in [0.15, 0.2) is 64.5 Å². The number of rotatable bonds is 8. The largest absolute Gasteiger partial charge is 0.356 e. The van der Waals surface area contributed by atoms with Crippen molar-refractivity contribution in [3.8, 4) is 0 Å². The highest BCUT2D eigenvalue weighted by molar-refractivity contribution is 14.0. The quantitative estimate of drug-likeness (QED) is 0.274. The van der Waals surface area contributed by atoms with Gasteiger partial charge in [-0.1, -0.05) is 43.2 Å². The Hall–Kier alpha value is -1.74. The molecule has 2 aromatic carbocycles. The summed E-state index contributed by atoms with van der Waals surface area (Å²) in [7, 11) is 5.37. The lowest BCUT2D eigenvalue weighted by atomic mass is 10.1. The summed E-state index contributed by atoms with van der Waals surface area (Å²) in [5.74, 6) is 0.866. The number of hydrogen-bond donors (Lipinski definition) is 2. The van der Waals surface area contributed by atoms with Crippen LogP contribution in [0.3, 0.4) is 0 Å². The fourth-order valence-electron chi connectivity index (χ4n) is 3.98. The number of thioether (sulfide) groups is 1. The van der Waals surface area contributed by atoms with Gasteiger partial charge in [-0.3, -0.25) is 9.79 Å². The van der Waals surface area contributed by atoms with Crippen molar-refractivity contribution in [2.75, 3.05) is 34.2 Å². The molecule has 5 nitrogen and oxygen atoms in total. The molecule has 0 radical (unpaired) electrons. The number of amides is 1. The molecular formula is C25H35IN4OS. The summed E-state index contributed by atoms with van der Waals surface area (Å²) < 4.78 is 0.222. The van der Waals surface area contributed by atoms with E-state index in [0.29, 0.717) is 0 Å². The summed E-state index contributed by atoms with van der Waals surface area (Å²) in [6.07, 6.45) is 5.86. The van der Waals surface area contributed by atoms with Gasteiger partial charge in [-0.25, -0.2) is 0 Å². The average Bonchev–Trinajstić information content (AvgIpc) is 3.25. The number of carbonyl (C=O) groups is 1. The van der Waals surface area contributed by atoms with Crippen molar-refractivity contribution in [1.82, 2.24) is 15.5 Å². The Morgan fingerprint density at radius 1 is 1.06 bits per heavy atom. The van der Waals surface area contributed by atoms with Crippen LogP contribution in [0.25, 0.3) is 0 Å². The molecule has 1 saturated carbocycles. The summed E-state index contributed by atoms with van der Waals surface area (Å²) >= 11 is 2.00. The maximum Gasteiger partial charge on any atom is 0.253 e. The maximum atomic E-state index is 12.2. The van der Waals surface area contributed by atoms with E-state index in [-0.39, 0.29) is 34.6 Å². The van der Waals surface area contributed by atoms with Crippen molar-refractivity contribution in [1.29, 1.82) is 0 Å². The van der Waals surface area contributed by atoms with Crippen molar-refractivity contribution in [3.05, 3.63) is 65.7 Å². The third kappa shape index (κ3) is 7.69. The number of nitrogens with one attached hydrogen (secondary N) is 2. The Labute approximate surface area is 213 Å². The van der Waals surface area contributed by atoms with Crippen LogP contribution in [0, 0.1) is 0 Å². The Morgan fingerprint density at radius 2 is 1.78 bits per heavy atom. The Morgan fingerprint density at radius 3 is 2.44 bits per heavy atom. The minimum Gasteiger partial charge on any atom is -0.356 e. The van der Waals surface area contributed by atoms with E-state index in [1.807, 2.05) is 37.0 Å². The maximum absolute atomic E-state index is 12.2. The van der Waals surface area contributed by atoms with Crippen molar-refractivity contribution < 1.29 is 4.79 Å². The second kappa shape index (κ2) is 13.1. The van der Waals surface area contributed by atoms with E-state index in [9.17, 15) is 4.79 Å². The molecule has 0 heterocycles. The number of carbonyl (C=O) groups excluding carboxylic acids is 1. The monoisotopic (exact) mass is 566 g/mol. The summed E-state index contributed by atoms with van der Waals surface area (Å²) in [5, 5.41) is 6.99. The van der Waals surface area contributed by atoms with E-state index in [2.05, 4.69) is 52.0 Å². The highest BCUT2D eigenvalue weighted by Gasteiger charge is 2.35. The van der Waals surface area contributed by atoms with Crippen molar-refractivity contribution in [2.24, 2.45) is 4.99 Å². The van der Waals surface area contributed by atoms with Gasteiger partial charge in [0.1, 0.15) is 0 Å².